The lowest BCUT2D eigenvalue weighted by Gasteiger charge is -2.23. The molecule has 17 heavy (non-hydrogen) atoms. The van der Waals surface area contributed by atoms with Crippen molar-refractivity contribution in [3.8, 4) is 0 Å². The van der Waals surface area contributed by atoms with Crippen LogP contribution in [0, 0.1) is 0 Å². The van der Waals surface area contributed by atoms with Gasteiger partial charge in [0.1, 0.15) is 0 Å². The van der Waals surface area contributed by atoms with E-state index in [0.717, 1.165) is 6.07 Å². The van der Waals surface area contributed by atoms with E-state index in [1.54, 1.807) is 0 Å². The minimum atomic E-state index is -5.72. The van der Waals surface area contributed by atoms with Crippen molar-refractivity contribution >= 4 is 5.69 Å². The van der Waals surface area contributed by atoms with Gasteiger partial charge in [-0.2, -0.15) is 22.0 Å². The number of aliphatic hydroxyl groups is 1. The highest BCUT2D eigenvalue weighted by atomic mass is 19.4. The second-order valence-corrected chi connectivity index (χ2v) is 3.56. The van der Waals surface area contributed by atoms with E-state index in [-0.39, 0.29) is 5.56 Å². The van der Waals surface area contributed by atoms with Gasteiger partial charge in [0.2, 0.25) is 0 Å². The lowest BCUT2D eigenvalue weighted by Crippen LogP contribution is -2.34. The Kier molecular flexibility index (Phi) is 3.33. The summed E-state index contributed by atoms with van der Waals surface area (Å²) in [5.74, 6) is -5.04. The zero-order chi connectivity index (χ0) is 13.4. The fourth-order valence-corrected chi connectivity index (χ4v) is 1.37. The van der Waals surface area contributed by atoms with Gasteiger partial charge in [-0.3, -0.25) is 0 Å². The maximum Gasteiger partial charge on any atom is 0.458 e. The van der Waals surface area contributed by atoms with Crippen LogP contribution in [0.15, 0.2) is 18.2 Å². The highest BCUT2D eigenvalue weighted by Gasteiger charge is 2.59. The smallest absolute Gasteiger partial charge is 0.398 e. The van der Waals surface area contributed by atoms with Crippen LogP contribution in [0.1, 0.15) is 24.2 Å². The molecule has 0 saturated carbocycles. The van der Waals surface area contributed by atoms with E-state index in [2.05, 4.69) is 0 Å². The lowest BCUT2D eigenvalue weighted by atomic mass is 9.99. The van der Waals surface area contributed by atoms with E-state index in [9.17, 15) is 27.1 Å². The van der Waals surface area contributed by atoms with Gasteiger partial charge in [-0.15, -0.1) is 0 Å². The minimum Gasteiger partial charge on any atom is -0.398 e. The van der Waals surface area contributed by atoms with E-state index in [4.69, 9.17) is 5.73 Å². The molecule has 0 aliphatic carbocycles. The Morgan fingerprint density at radius 1 is 1.18 bits per heavy atom. The normalized spacial score (nSPS) is 14.8. The number of halogens is 5. The summed E-state index contributed by atoms with van der Waals surface area (Å²) in [6.07, 6.45) is -6.95. The fourth-order valence-electron chi connectivity index (χ4n) is 1.37. The first-order valence-corrected chi connectivity index (χ1v) is 4.60. The Bertz CT molecular complexity index is 414. The molecule has 0 amide bonds. The number of benzene rings is 1. The average molecular weight is 255 g/mol. The molecule has 0 spiro atoms. The van der Waals surface area contributed by atoms with E-state index < -0.39 is 29.5 Å². The van der Waals surface area contributed by atoms with Crippen LogP contribution >= 0.6 is 0 Å². The van der Waals surface area contributed by atoms with E-state index in [0.29, 0.717) is 6.07 Å². The molecule has 0 heterocycles. The number of nitrogen functional groups attached to an aromatic ring is 1. The highest BCUT2D eigenvalue weighted by Crippen LogP contribution is 2.46. The van der Waals surface area contributed by atoms with Crippen LogP contribution in [-0.2, 0) is 5.92 Å². The average Bonchev–Trinajstić information content (AvgIpc) is 2.15. The van der Waals surface area contributed by atoms with Crippen molar-refractivity contribution < 1.29 is 27.1 Å². The number of para-hydroxylation sites is 1. The Morgan fingerprint density at radius 2 is 1.71 bits per heavy atom. The molecule has 7 heteroatoms. The molecule has 3 N–H and O–H groups in total. The molecular weight excluding hydrogens is 245 g/mol. The molecule has 1 atom stereocenters. The van der Waals surface area contributed by atoms with Crippen LogP contribution in [0.2, 0.25) is 0 Å². The fraction of sp³-hybridized carbons (Fsp3) is 0.400. The van der Waals surface area contributed by atoms with Crippen LogP contribution < -0.4 is 5.73 Å². The van der Waals surface area contributed by atoms with E-state index >= 15 is 0 Å². The molecule has 2 nitrogen and oxygen atoms in total. The standard InChI is InChI=1S/C10H10F5NO/c1-5(17)6-3-2-4-7(8(6)16)9(11,12)10(13,14)15/h2-5,17H,16H2,1H3/t5-/m1/s1. The predicted molar refractivity (Wildman–Crippen MR) is 51.4 cm³/mol. The monoisotopic (exact) mass is 255 g/mol. The number of aliphatic hydroxyl groups excluding tert-OH is 1. The molecule has 0 aromatic heterocycles. The highest BCUT2D eigenvalue weighted by molar-refractivity contribution is 5.56. The largest absolute Gasteiger partial charge is 0.458 e. The first-order chi connectivity index (χ1) is 7.59. The zero-order valence-electron chi connectivity index (χ0n) is 8.72. The van der Waals surface area contributed by atoms with Crippen LogP contribution in [-0.4, -0.2) is 11.3 Å². The van der Waals surface area contributed by atoms with Crippen molar-refractivity contribution in [3.63, 3.8) is 0 Å². The SMILES string of the molecule is C[C@@H](O)c1cccc(C(F)(F)C(F)(F)F)c1N. The Balaban J connectivity index is 3.38. The third-order valence-electron chi connectivity index (χ3n) is 2.28. The van der Waals surface area contributed by atoms with Crippen molar-refractivity contribution in [2.45, 2.75) is 25.1 Å². The molecule has 0 fully saturated rings. The second kappa shape index (κ2) is 4.14. The maximum absolute atomic E-state index is 13.1. The van der Waals surface area contributed by atoms with Gasteiger partial charge in [-0.1, -0.05) is 18.2 Å². The Labute approximate surface area is 93.9 Å². The predicted octanol–water partition coefficient (Wildman–Crippen LogP) is 2.98. The van der Waals surface area contributed by atoms with Crippen LogP contribution in [0.4, 0.5) is 27.6 Å². The molecule has 0 radical (unpaired) electrons. The second-order valence-electron chi connectivity index (χ2n) is 3.56. The number of rotatable bonds is 2. The van der Waals surface area contributed by atoms with Gasteiger partial charge in [0.05, 0.1) is 11.7 Å². The summed E-state index contributed by atoms with van der Waals surface area (Å²) in [5, 5.41) is 9.19. The summed E-state index contributed by atoms with van der Waals surface area (Å²) >= 11 is 0. The van der Waals surface area contributed by atoms with Gasteiger partial charge in [-0.25, -0.2) is 0 Å². The van der Waals surface area contributed by atoms with Gasteiger partial charge < -0.3 is 10.8 Å². The molecule has 0 unspecified atom stereocenters. The molecular formula is C10H10F5NO. The minimum absolute atomic E-state index is 0.161. The summed E-state index contributed by atoms with van der Waals surface area (Å²) < 4.78 is 62.7. The molecule has 0 aliphatic heterocycles. The van der Waals surface area contributed by atoms with Gasteiger partial charge in [0.25, 0.3) is 0 Å². The molecule has 1 rings (SSSR count). The number of anilines is 1. The summed E-state index contributed by atoms with van der Waals surface area (Å²) in [6.45, 7) is 1.22. The third-order valence-corrected chi connectivity index (χ3v) is 2.28. The van der Waals surface area contributed by atoms with Gasteiger partial charge in [0.15, 0.2) is 0 Å². The number of nitrogens with two attached hydrogens (primary N) is 1. The number of hydrogen-bond acceptors (Lipinski definition) is 2. The van der Waals surface area contributed by atoms with Crippen LogP contribution in [0.3, 0.4) is 0 Å². The Hall–Kier alpha value is -1.37. The van der Waals surface area contributed by atoms with Crippen molar-refractivity contribution in [3.05, 3.63) is 29.3 Å². The molecule has 0 saturated heterocycles. The third kappa shape index (κ3) is 2.33. The lowest BCUT2D eigenvalue weighted by molar-refractivity contribution is -0.289. The summed E-state index contributed by atoms with van der Waals surface area (Å²) in [4.78, 5) is 0. The molecule has 1 aromatic rings. The molecule has 1 aromatic carbocycles. The van der Waals surface area contributed by atoms with Crippen molar-refractivity contribution in [2.75, 3.05) is 5.73 Å². The topological polar surface area (TPSA) is 46.2 Å². The maximum atomic E-state index is 13.1. The first-order valence-electron chi connectivity index (χ1n) is 4.60. The molecule has 0 aliphatic rings. The van der Waals surface area contributed by atoms with Crippen molar-refractivity contribution in [1.29, 1.82) is 0 Å². The summed E-state index contributed by atoms with van der Waals surface area (Å²) in [5.41, 5.74) is 2.98. The van der Waals surface area contributed by atoms with Crippen LogP contribution in [0.25, 0.3) is 0 Å². The Morgan fingerprint density at radius 3 is 2.12 bits per heavy atom. The zero-order valence-corrected chi connectivity index (χ0v) is 8.72. The van der Waals surface area contributed by atoms with Gasteiger partial charge in [-0.05, 0) is 6.92 Å². The number of hydrogen-bond donors (Lipinski definition) is 2. The van der Waals surface area contributed by atoms with Gasteiger partial charge in [0, 0.05) is 11.3 Å². The first kappa shape index (κ1) is 13.7. The van der Waals surface area contributed by atoms with Crippen molar-refractivity contribution in [2.24, 2.45) is 0 Å². The number of alkyl halides is 5. The molecule has 96 valence electrons. The quantitative estimate of drug-likeness (QED) is 0.630. The van der Waals surface area contributed by atoms with Crippen molar-refractivity contribution in [1.82, 2.24) is 0 Å². The molecule has 0 bridgehead atoms. The van der Waals surface area contributed by atoms with E-state index in [1.807, 2.05) is 0 Å². The summed E-state index contributed by atoms with van der Waals surface area (Å²) in [6, 6.07) is 2.78. The van der Waals surface area contributed by atoms with Gasteiger partial charge >= 0.3 is 12.1 Å². The van der Waals surface area contributed by atoms with Crippen LogP contribution in [0.5, 0.6) is 0 Å². The summed E-state index contributed by atoms with van der Waals surface area (Å²) in [7, 11) is 0. The van der Waals surface area contributed by atoms with E-state index in [1.165, 1.54) is 13.0 Å².